The molecule has 7 N–H and O–H groups in total. The molecule has 10 nitrogen and oxygen atoms in total. The van der Waals surface area contributed by atoms with E-state index < -0.39 is 0 Å². The van der Waals surface area contributed by atoms with Crippen LogP contribution in [0, 0.1) is 0 Å². The Morgan fingerprint density at radius 2 is 1.74 bits per heavy atom. The fourth-order valence-corrected chi connectivity index (χ4v) is 2.31. The van der Waals surface area contributed by atoms with Gasteiger partial charge < -0.3 is 30.9 Å². The topological polar surface area (TPSA) is 144 Å². The van der Waals surface area contributed by atoms with E-state index in [1.54, 1.807) is 47.8 Å². The maximum Gasteiger partial charge on any atom is 0.272 e. The highest BCUT2D eigenvalue weighted by Gasteiger charge is 2.15. The Morgan fingerprint density at radius 1 is 1.11 bits per heavy atom. The Balaban J connectivity index is 0.00000338. The normalized spacial score (nSPS) is 10.0. The van der Waals surface area contributed by atoms with Crippen molar-refractivity contribution < 1.29 is 9.59 Å². The van der Waals surface area contributed by atoms with Gasteiger partial charge in [-0.15, -0.1) is 24.8 Å². The van der Waals surface area contributed by atoms with E-state index in [1.165, 1.54) is 6.34 Å². The molecule has 2 rings (SSSR count). The van der Waals surface area contributed by atoms with Crippen LogP contribution in [-0.4, -0.2) is 40.4 Å². The Kier molecular flexibility index (Phi) is 10.0. The first kappa shape index (κ1) is 24.3. The largest absolute Gasteiger partial charge is 0.397 e. The average Bonchev–Trinajstić information content (AvgIpc) is 3.08. The van der Waals surface area contributed by atoms with Crippen molar-refractivity contribution in [3.63, 3.8) is 0 Å². The first-order chi connectivity index (χ1) is 11.9. The second-order valence-electron chi connectivity index (χ2n) is 5.41. The predicted octanol–water partition coefficient (Wildman–Crippen LogP) is 0.263. The molecule has 0 atom stereocenters. The highest BCUT2D eigenvalue weighted by Crippen LogP contribution is 2.16. The molecule has 0 fully saturated rings. The molecule has 12 heteroatoms. The highest BCUT2D eigenvalue weighted by molar-refractivity contribution is 6.04. The summed E-state index contributed by atoms with van der Waals surface area (Å²) in [6.45, 7) is 0.769. The molecule has 2 heterocycles. The monoisotopic (exact) mass is 418 g/mol. The van der Waals surface area contributed by atoms with E-state index in [0.29, 0.717) is 35.9 Å². The van der Waals surface area contributed by atoms with Crippen molar-refractivity contribution in [2.75, 3.05) is 24.1 Å². The predicted molar refractivity (Wildman–Crippen MR) is 111 cm³/mol. The van der Waals surface area contributed by atoms with Crippen LogP contribution in [0.15, 0.2) is 29.5 Å². The fraction of sp³-hybridized carbons (Fsp3) is 0.267. The van der Waals surface area contributed by atoms with Crippen molar-refractivity contribution in [1.82, 2.24) is 19.9 Å². The summed E-state index contributed by atoms with van der Waals surface area (Å²) < 4.78 is 3.27. The lowest BCUT2D eigenvalue weighted by Crippen LogP contribution is -2.28. The summed E-state index contributed by atoms with van der Waals surface area (Å²) in [5.41, 5.74) is 9.83. The summed E-state index contributed by atoms with van der Waals surface area (Å²) in [4.78, 5) is 28.4. The van der Waals surface area contributed by atoms with E-state index in [2.05, 4.69) is 21.1 Å². The maximum atomic E-state index is 12.3. The molecule has 2 aromatic heterocycles. The average molecular weight is 419 g/mol. The van der Waals surface area contributed by atoms with E-state index >= 15 is 0 Å². The van der Waals surface area contributed by atoms with Gasteiger partial charge in [-0.25, -0.2) is 5.84 Å². The van der Waals surface area contributed by atoms with Gasteiger partial charge >= 0.3 is 0 Å². The van der Waals surface area contributed by atoms with Gasteiger partial charge in [-0.05, 0) is 12.1 Å². The van der Waals surface area contributed by atoms with Gasteiger partial charge in [0.1, 0.15) is 11.4 Å². The molecule has 0 saturated carbocycles. The number of aryl methyl sites for hydroxylation is 2. The standard InChI is InChI=1S/C15H22N8O2.2ClH/c1-22-7-10(16)5-12(22)15(25)21-11-6-13(23(2)8-11)14(24)19-4-3-18-9-20-17;;/h5-9H,3-4,16-17H2,1-2H3,(H,18,20)(H,19,24)(H,21,25);2*1H. The summed E-state index contributed by atoms with van der Waals surface area (Å²) in [6.07, 6.45) is 4.66. The van der Waals surface area contributed by atoms with Crippen LogP contribution in [0.25, 0.3) is 0 Å². The van der Waals surface area contributed by atoms with Crippen molar-refractivity contribution in [2.24, 2.45) is 24.9 Å². The van der Waals surface area contributed by atoms with Crippen molar-refractivity contribution in [2.45, 2.75) is 0 Å². The number of nitrogen functional groups attached to an aromatic ring is 1. The van der Waals surface area contributed by atoms with Gasteiger partial charge in [0.2, 0.25) is 0 Å². The Hall–Kier alpha value is -2.69. The fourth-order valence-electron chi connectivity index (χ4n) is 2.31. The molecule has 2 aromatic rings. The molecule has 0 radical (unpaired) electrons. The number of rotatable bonds is 7. The van der Waals surface area contributed by atoms with Gasteiger partial charge in [0.25, 0.3) is 11.8 Å². The number of halogens is 2. The van der Waals surface area contributed by atoms with E-state index in [1.807, 2.05) is 0 Å². The molecule has 0 bridgehead atoms. The molecule has 0 spiro atoms. The third-order valence-electron chi connectivity index (χ3n) is 3.45. The number of nitrogens with zero attached hydrogens (tertiary/aromatic N) is 3. The summed E-state index contributed by atoms with van der Waals surface area (Å²) in [5.74, 6) is 4.48. The van der Waals surface area contributed by atoms with Crippen LogP contribution in [0.3, 0.4) is 0 Å². The Labute approximate surface area is 169 Å². The third kappa shape index (κ3) is 6.51. The number of hydrogen-bond donors (Lipinski definition) is 5. The van der Waals surface area contributed by atoms with Crippen LogP contribution < -0.4 is 27.6 Å². The SMILES string of the molecule is Cl.Cl.Cn1cc(NC(=O)c2cc(N)cn2C)cc1C(=O)NCCN=CNN. The van der Waals surface area contributed by atoms with Crippen molar-refractivity contribution >= 4 is 54.3 Å². The van der Waals surface area contributed by atoms with Crippen LogP contribution in [-0.2, 0) is 14.1 Å². The van der Waals surface area contributed by atoms with E-state index in [-0.39, 0.29) is 36.6 Å². The van der Waals surface area contributed by atoms with Crippen LogP contribution in [0.5, 0.6) is 0 Å². The van der Waals surface area contributed by atoms with Gasteiger partial charge in [0.15, 0.2) is 0 Å². The van der Waals surface area contributed by atoms with Gasteiger partial charge in [0, 0.05) is 33.0 Å². The number of hydrazine groups is 1. The summed E-state index contributed by atoms with van der Waals surface area (Å²) in [7, 11) is 3.46. The molecule has 0 aliphatic rings. The van der Waals surface area contributed by atoms with E-state index in [4.69, 9.17) is 11.6 Å². The van der Waals surface area contributed by atoms with Gasteiger partial charge in [-0.3, -0.25) is 14.6 Å². The molecular formula is C15H24Cl2N8O2. The Morgan fingerprint density at radius 3 is 2.33 bits per heavy atom. The minimum atomic E-state index is -0.305. The molecule has 0 saturated heterocycles. The number of nitrogens with one attached hydrogen (secondary N) is 3. The summed E-state index contributed by atoms with van der Waals surface area (Å²) in [6, 6.07) is 3.19. The van der Waals surface area contributed by atoms with Crippen LogP contribution in [0.4, 0.5) is 11.4 Å². The zero-order chi connectivity index (χ0) is 18.4. The summed E-state index contributed by atoms with van der Waals surface area (Å²) in [5, 5.41) is 5.48. The molecule has 27 heavy (non-hydrogen) atoms. The molecule has 0 unspecified atom stereocenters. The molecular weight excluding hydrogens is 395 g/mol. The minimum Gasteiger partial charge on any atom is -0.397 e. The number of amides is 2. The lowest BCUT2D eigenvalue weighted by molar-refractivity contribution is 0.0945. The second-order valence-corrected chi connectivity index (χ2v) is 5.41. The first-order valence-corrected chi connectivity index (χ1v) is 7.54. The highest BCUT2D eigenvalue weighted by atomic mass is 35.5. The minimum absolute atomic E-state index is 0. The molecule has 0 aromatic carbocycles. The van der Waals surface area contributed by atoms with Crippen LogP contribution in [0.2, 0.25) is 0 Å². The van der Waals surface area contributed by atoms with E-state index in [0.717, 1.165) is 0 Å². The van der Waals surface area contributed by atoms with Crippen LogP contribution in [0.1, 0.15) is 21.0 Å². The first-order valence-electron chi connectivity index (χ1n) is 7.54. The number of anilines is 2. The van der Waals surface area contributed by atoms with Gasteiger partial charge in [-0.1, -0.05) is 0 Å². The van der Waals surface area contributed by atoms with Crippen molar-refractivity contribution in [3.05, 3.63) is 35.9 Å². The zero-order valence-electron chi connectivity index (χ0n) is 14.9. The summed E-state index contributed by atoms with van der Waals surface area (Å²) >= 11 is 0. The number of nitrogens with two attached hydrogens (primary N) is 2. The molecule has 0 aliphatic heterocycles. The van der Waals surface area contributed by atoms with Crippen molar-refractivity contribution in [3.8, 4) is 0 Å². The number of aromatic nitrogens is 2. The van der Waals surface area contributed by atoms with Crippen molar-refractivity contribution in [1.29, 1.82) is 0 Å². The molecule has 2 amide bonds. The van der Waals surface area contributed by atoms with E-state index in [9.17, 15) is 9.59 Å². The number of hydrogen-bond acceptors (Lipinski definition) is 5. The number of carbonyl (C=O) groups excluding carboxylic acids is 2. The number of aliphatic imine (C=N–C) groups is 1. The van der Waals surface area contributed by atoms with Gasteiger partial charge in [0.05, 0.1) is 24.3 Å². The third-order valence-corrected chi connectivity index (χ3v) is 3.45. The second kappa shape index (κ2) is 11.1. The Bertz CT molecular complexity index is 800. The van der Waals surface area contributed by atoms with Crippen LogP contribution >= 0.6 is 24.8 Å². The quantitative estimate of drug-likeness (QED) is 0.144. The lowest BCUT2D eigenvalue weighted by Gasteiger charge is -2.03. The van der Waals surface area contributed by atoms with Gasteiger partial charge in [-0.2, -0.15) is 0 Å². The zero-order valence-corrected chi connectivity index (χ0v) is 16.6. The molecule has 0 aliphatic carbocycles. The molecule has 150 valence electrons. The maximum absolute atomic E-state index is 12.3. The lowest BCUT2D eigenvalue weighted by atomic mass is 10.3. The smallest absolute Gasteiger partial charge is 0.272 e. The number of carbonyl (C=O) groups is 2.